The molecule has 0 aromatic heterocycles. The zero-order valence-corrected chi connectivity index (χ0v) is 7.38. The summed E-state index contributed by atoms with van der Waals surface area (Å²) >= 11 is 0. The molecule has 0 saturated heterocycles. The van der Waals surface area contributed by atoms with Crippen LogP contribution in [0.25, 0.3) is 0 Å². The summed E-state index contributed by atoms with van der Waals surface area (Å²) in [7, 11) is 1.41. The van der Waals surface area contributed by atoms with Crippen LogP contribution in [0.1, 0.15) is 25.7 Å². The Morgan fingerprint density at radius 1 is 1.33 bits per heavy atom. The Labute approximate surface area is 72.5 Å². The molecule has 3 unspecified atom stereocenters. The lowest BCUT2D eigenvalue weighted by Gasteiger charge is -2.21. The van der Waals surface area contributed by atoms with E-state index in [0.29, 0.717) is 6.04 Å². The minimum absolute atomic E-state index is 0.279. The van der Waals surface area contributed by atoms with E-state index in [-0.39, 0.29) is 6.09 Å². The lowest BCUT2D eigenvalue weighted by molar-refractivity contribution is 0.162. The van der Waals surface area contributed by atoms with E-state index >= 15 is 0 Å². The van der Waals surface area contributed by atoms with Crippen LogP contribution in [-0.2, 0) is 4.74 Å². The van der Waals surface area contributed by atoms with E-state index in [4.69, 9.17) is 0 Å². The van der Waals surface area contributed by atoms with Crippen LogP contribution in [-0.4, -0.2) is 19.2 Å². The minimum Gasteiger partial charge on any atom is -0.453 e. The van der Waals surface area contributed by atoms with Gasteiger partial charge in [0, 0.05) is 6.04 Å². The van der Waals surface area contributed by atoms with Crippen LogP contribution >= 0.6 is 0 Å². The lowest BCUT2D eigenvalue weighted by atomic mass is 9.96. The molecule has 2 fully saturated rings. The third-order valence-electron chi connectivity index (χ3n) is 3.05. The van der Waals surface area contributed by atoms with Gasteiger partial charge >= 0.3 is 6.09 Å². The summed E-state index contributed by atoms with van der Waals surface area (Å²) in [6.45, 7) is 0. The zero-order valence-electron chi connectivity index (χ0n) is 7.38. The van der Waals surface area contributed by atoms with Gasteiger partial charge in [0.1, 0.15) is 0 Å². The monoisotopic (exact) mass is 169 g/mol. The first-order valence-electron chi connectivity index (χ1n) is 4.64. The van der Waals surface area contributed by atoms with Crippen molar-refractivity contribution in [2.75, 3.05) is 7.11 Å². The number of amides is 1. The van der Waals surface area contributed by atoms with Gasteiger partial charge in [-0.3, -0.25) is 0 Å². The molecule has 0 spiro atoms. The summed E-state index contributed by atoms with van der Waals surface area (Å²) in [6, 6.07) is 0.376. The fourth-order valence-corrected chi connectivity index (χ4v) is 2.21. The Balaban J connectivity index is 1.77. The van der Waals surface area contributed by atoms with Crippen LogP contribution in [0.15, 0.2) is 0 Å². The average molecular weight is 169 g/mol. The van der Waals surface area contributed by atoms with Crippen LogP contribution < -0.4 is 5.32 Å². The van der Waals surface area contributed by atoms with Crippen molar-refractivity contribution in [2.45, 2.75) is 31.7 Å². The van der Waals surface area contributed by atoms with Crippen LogP contribution in [0, 0.1) is 11.8 Å². The molecule has 0 radical (unpaired) electrons. The van der Waals surface area contributed by atoms with Crippen LogP contribution in [0.4, 0.5) is 4.79 Å². The van der Waals surface area contributed by atoms with Gasteiger partial charge in [-0.1, -0.05) is 0 Å². The number of nitrogens with one attached hydrogen (secondary N) is 1. The minimum atomic E-state index is -0.279. The first-order valence-corrected chi connectivity index (χ1v) is 4.64. The summed E-state index contributed by atoms with van der Waals surface area (Å²) < 4.78 is 4.55. The van der Waals surface area contributed by atoms with E-state index in [9.17, 15) is 4.79 Å². The first kappa shape index (κ1) is 7.90. The molecule has 0 aromatic carbocycles. The topological polar surface area (TPSA) is 38.3 Å². The van der Waals surface area contributed by atoms with Gasteiger partial charge in [0.05, 0.1) is 7.11 Å². The molecule has 3 nitrogen and oxygen atoms in total. The van der Waals surface area contributed by atoms with Crippen LogP contribution in [0.3, 0.4) is 0 Å². The molecule has 2 aliphatic rings. The predicted octanol–water partition coefficient (Wildman–Crippen LogP) is 1.53. The number of hydrogen-bond acceptors (Lipinski definition) is 2. The molecule has 12 heavy (non-hydrogen) atoms. The molecule has 1 N–H and O–H groups in total. The third-order valence-corrected chi connectivity index (χ3v) is 3.05. The van der Waals surface area contributed by atoms with E-state index in [1.54, 1.807) is 0 Å². The molecule has 0 bridgehead atoms. The number of fused-ring (bicyclic) bond motifs is 1. The van der Waals surface area contributed by atoms with Gasteiger partial charge in [-0.15, -0.1) is 0 Å². The lowest BCUT2D eigenvalue weighted by Crippen LogP contribution is -2.36. The quantitative estimate of drug-likeness (QED) is 0.646. The zero-order chi connectivity index (χ0) is 8.55. The van der Waals surface area contributed by atoms with Crippen molar-refractivity contribution in [1.82, 2.24) is 5.32 Å². The molecular weight excluding hydrogens is 154 g/mol. The second-order valence-electron chi connectivity index (χ2n) is 3.90. The second kappa shape index (κ2) is 2.96. The van der Waals surface area contributed by atoms with Gasteiger partial charge in [-0.05, 0) is 37.5 Å². The number of carbonyl (C=O) groups is 1. The molecule has 1 amide bonds. The summed E-state index contributed by atoms with van der Waals surface area (Å²) in [5.74, 6) is 1.89. The summed E-state index contributed by atoms with van der Waals surface area (Å²) in [6.07, 6.45) is 4.70. The number of ether oxygens (including phenoxy) is 1. The van der Waals surface area contributed by atoms with Crippen molar-refractivity contribution < 1.29 is 9.53 Å². The van der Waals surface area contributed by atoms with E-state index < -0.39 is 0 Å². The maximum atomic E-state index is 10.9. The van der Waals surface area contributed by atoms with Crippen LogP contribution in [0.2, 0.25) is 0 Å². The molecule has 68 valence electrons. The Bertz CT molecular complexity index is 193. The van der Waals surface area contributed by atoms with Crippen molar-refractivity contribution in [3.63, 3.8) is 0 Å². The number of methoxy groups -OCH3 is 1. The SMILES string of the molecule is COC(=O)NC1CCC2CC2C1. The molecule has 0 heterocycles. The van der Waals surface area contributed by atoms with Crippen molar-refractivity contribution in [3.8, 4) is 0 Å². The number of alkyl carbamates (subject to hydrolysis) is 1. The third kappa shape index (κ3) is 1.54. The smallest absolute Gasteiger partial charge is 0.407 e. The molecule has 2 saturated carbocycles. The van der Waals surface area contributed by atoms with Gasteiger partial charge in [-0.25, -0.2) is 4.79 Å². The van der Waals surface area contributed by atoms with Crippen molar-refractivity contribution in [2.24, 2.45) is 11.8 Å². The molecular formula is C9H15NO2. The predicted molar refractivity (Wildman–Crippen MR) is 44.8 cm³/mol. The molecule has 3 atom stereocenters. The van der Waals surface area contributed by atoms with E-state index in [1.165, 1.54) is 26.4 Å². The number of hydrogen-bond donors (Lipinski definition) is 1. The summed E-state index contributed by atoms with van der Waals surface area (Å²) in [4.78, 5) is 10.9. The van der Waals surface area contributed by atoms with Crippen molar-refractivity contribution in [3.05, 3.63) is 0 Å². The molecule has 2 aliphatic carbocycles. The molecule has 3 heteroatoms. The fraction of sp³-hybridized carbons (Fsp3) is 0.889. The Morgan fingerprint density at radius 3 is 2.83 bits per heavy atom. The van der Waals surface area contributed by atoms with E-state index in [0.717, 1.165) is 18.3 Å². The van der Waals surface area contributed by atoms with Gasteiger partial charge in [0.25, 0.3) is 0 Å². The molecule has 0 aliphatic heterocycles. The van der Waals surface area contributed by atoms with Gasteiger partial charge in [0.15, 0.2) is 0 Å². The first-order chi connectivity index (χ1) is 5.79. The highest BCUT2D eigenvalue weighted by Gasteiger charge is 2.42. The normalized spacial score (nSPS) is 38.2. The molecule has 0 aromatic rings. The van der Waals surface area contributed by atoms with Crippen molar-refractivity contribution >= 4 is 6.09 Å². The summed E-state index contributed by atoms with van der Waals surface area (Å²) in [5, 5.41) is 2.86. The van der Waals surface area contributed by atoms with Crippen LogP contribution in [0.5, 0.6) is 0 Å². The maximum Gasteiger partial charge on any atom is 0.407 e. The maximum absolute atomic E-state index is 10.9. The van der Waals surface area contributed by atoms with Gasteiger partial charge in [0.2, 0.25) is 0 Å². The van der Waals surface area contributed by atoms with Crippen molar-refractivity contribution in [1.29, 1.82) is 0 Å². The Hall–Kier alpha value is -0.730. The largest absolute Gasteiger partial charge is 0.453 e. The van der Waals surface area contributed by atoms with E-state index in [2.05, 4.69) is 10.1 Å². The van der Waals surface area contributed by atoms with Gasteiger partial charge < -0.3 is 10.1 Å². The second-order valence-corrected chi connectivity index (χ2v) is 3.90. The summed E-state index contributed by atoms with van der Waals surface area (Å²) in [5.41, 5.74) is 0. The number of carbonyl (C=O) groups excluding carboxylic acids is 1. The highest BCUT2D eigenvalue weighted by Crippen LogP contribution is 2.49. The fourth-order valence-electron chi connectivity index (χ4n) is 2.21. The van der Waals surface area contributed by atoms with E-state index in [1.807, 2.05) is 0 Å². The Kier molecular flexibility index (Phi) is 1.95. The number of rotatable bonds is 1. The standard InChI is InChI=1S/C9H15NO2/c1-12-9(11)10-8-3-2-6-4-7(6)5-8/h6-8H,2-5H2,1H3,(H,10,11). The average Bonchev–Trinajstić information content (AvgIpc) is 2.82. The highest BCUT2D eigenvalue weighted by atomic mass is 16.5. The van der Waals surface area contributed by atoms with Gasteiger partial charge in [-0.2, -0.15) is 0 Å². The Morgan fingerprint density at radius 2 is 2.17 bits per heavy atom. The molecule has 2 rings (SSSR count). The highest BCUT2D eigenvalue weighted by molar-refractivity contribution is 5.67.